The monoisotopic (exact) mass is 353 g/mol. The molecule has 0 radical (unpaired) electrons. The molecule has 1 amide bonds. The van der Waals surface area contributed by atoms with Crippen LogP contribution in [0.15, 0.2) is 14.8 Å². The molecule has 5 nitrogen and oxygen atoms in total. The van der Waals surface area contributed by atoms with Gasteiger partial charge in [0.15, 0.2) is 5.16 Å². The van der Waals surface area contributed by atoms with Crippen molar-refractivity contribution >= 4 is 29.4 Å². The van der Waals surface area contributed by atoms with Crippen LogP contribution in [0.1, 0.15) is 38.8 Å². The number of carbonyl (C=O) groups is 1. The van der Waals surface area contributed by atoms with Gasteiger partial charge in [0.25, 0.3) is 5.56 Å². The molecule has 0 N–H and O–H groups in total. The Labute approximate surface area is 145 Å². The maximum atomic E-state index is 12.6. The molecule has 126 valence electrons. The summed E-state index contributed by atoms with van der Waals surface area (Å²) in [6.45, 7) is 6.40. The minimum absolute atomic E-state index is 0.0553. The van der Waals surface area contributed by atoms with E-state index in [0.29, 0.717) is 22.7 Å². The fourth-order valence-corrected chi connectivity index (χ4v) is 5.18. The zero-order valence-corrected chi connectivity index (χ0v) is 15.3. The largest absolute Gasteiger partial charge is 0.342 e. The Hall–Kier alpha value is -0.950. The molecule has 0 unspecified atom stereocenters. The second-order valence-corrected chi connectivity index (χ2v) is 8.47. The molecule has 2 aliphatic rings. The molecule has 0 aromatic carbocycles. The number of carbonyl (C=O) groups excluding carboxylic acids is 1. The van der Waals surface area contributed by atoms with Gasteiger partial charge in [-0.05, 0) is 26.2 Å². The Morgan fingerprint density at radius 1 is 1.35 bits per heavy atom. The number of likely N-dealkylation sites (tertiary alicyclic amines) is 1. The maximum absolute atomic E-state index is 12.6. The molecule has 0 aliphatic carbocycles. The van der Waals surface area contributed by atoms with Gasteiger partial charge < -0.3 is 4.90 Å². The SMILES string of the molecule is CCn1c(SCC(=O)N2CCCCC2)nc2c(c1=O)S[C@H](C)C2. The van der Waals surface area contributed by atoms with Crippen molar-refractivity contribution in [1.82, 2.24) is 14.5 Å². The number of rotatable bonds is 4. The molecule has 1 saturated heterocycles. The van der Waals surface area contributed by atoms with E-state index in [0.717, 1.165) is 42.9 Å². The van der Waals surface area contributed by atoms with Crippen molar-refractivity contribution in [2.45, 2.75) is 61.4 Å². The fraction of sp³-hybridized carbons (Fsp3) is 0.688. The molecule has 0 bridgehead atoms. The Morgan fingerprint density at radius 2 is 2.09 bits per heavy atom. The highest BCUT2D eigenvalue weighted by Gasteiger charge is 2.26. The highest BCUT2D eigenvalue weighted by Crippen LogP contribution is 2.34. The van der Waals surface area contributed by atoms with Crippen LogP contribution in [0, 0.1) is 0 Å². The molecule has 3 heterocycles. The molecule has 7 heteroatoms. The molecule has 0 spiro atoms. The van der Waals surface area contributed by atoms with Crippen molar-refractivity contribution in [1.29, 1.82) is 0 Å². The summed E-state index contributed by atoms with van der Waals surface area (Å²) in [7, 11) is 0. The summed E-state index contributed by atoms with van der Waals surface area (Å²) in [6, 6.07) is 0. The number of hydrogen-bond donors (Lipinski definition) is 0. The van der Waals surface area contributed by atoms with E-state index in [-0.39, 0.29) is 11.5 Å². The van der Waals surface area contributed by atoms with Gasteiger partial charge in [-0.3, -0.25) is 14.2 Å². The van der Waals surface area contributed by atoms with Crippen LogP contribution < -0.4 is 5.56 Å². The lowest BCUT2D eigenvalue weighted by molar-refractivity contribution is -0.129. The van der Waals surface area contributed by atoms with E-state index in [1.807, 2.05) is 11.8 Å². The first-order chi connectivity index (χ1) is 11.1. The number of thioether (sulfide) groups is 2. The summed E-state index contributed by atoms with van der Waals surface area (Å²) in [5.41, 5.74) is 0.963. The number of hydrogen-bond acceptors (Lipinski definition) is 5. The normalized spacial score (nSPS) is 20.6. The van der Waals surface area contributed by atoms with E-state index in [2.05, 4.69) is 11.9 Å². The van der Waals surface area contributed by atoms with Gasteiger partial charge >= 0.3 is 0 Å². The number of nitrogens with zero attached hydrogens (tertiary/aromatic N) is 3. The fourth-order valence-electron chi connectivity index (χ4n) is 3.08. The smallest absolute Gasteiger partial charge is 0.268 e. The zero-order valence-electron chi connectivity index (χ0n) is 13.7. The molecular formula is C16H23N3O2S2. The van der Waals surface area contributed by atoms with Crippen molar-refractivity contribution in [3.8, 4) is 0 Å². The van der Waals surface area contributed by atoms with Crippen LogP contribution in [0.5, 0.6) is 0 Å². The first-order valence-electron chi connectivity index (χ1n) is 8.31. The number of aromatic nitrogens is 2. The lowest BCUT2D eigenvalue weighted by Gasteiger charge is -2.26. The van der Waals surface area contributed by atoms with Crippen LogP contribution in [0.2, 0.25) is 0 Å². The third-order valence-electron chi connectivity index (χ3n) is 4.31. The Morgan fingerprint density at radius 3 is 2.78 bits per heavy atom. The molecule has 2 aliphatic heterocycles. The highest BCUT2D eigenvalue weighted by atomic mass is 32.2. The van der Waals surface area contributed by atoms with Gasteiger partial charge in [-0.1, -0.05) is 18.7 Å². The van der Waals surface area contributed by atoms with Crippen LogP contribution in [-0.2, 0) is 17.8 Å². The lowest BCUT2D eigenvalue weighted by atomic mass is 10.1. The third kappa shape index (κ3) is 3.60. The Bertz CT molecular complexity index is 653. The molecule has 3 rings (SSSR count). The van der Waals surface area contributed by atoms with Crippen LogP contribution in [-0.4, -0.2) is 44.5 Å². The molecule has 1 atom stereocenters. The van der Waals surface area contributed by atoms with E-state index >= 15 is 0 Å². The minimum Gasteiger partial charge on any atom is -0.342 e. The number of amides is 1. The molecule has 0 saturated carbocycles. The predicted molar refractivity (Wildman–Crippen MR) is 94.3 cm³/mol. The molecule has 1 aromatic heterocycles. The zero-order chi connectivity index (χ0) is 16.4. The summed E-state index contributed by atoms with van der Waals surface area (Å²) in [5.74, 6) is 0.531. The van der Waals surface area contributed by atoms with E-state index in [1.54, 1.807) is 16.3 Å². The van der Waals surface area contributed by atoms with E-state index in [4.69, 9.17) is 0 Å². The van der Waals surface area contributed by atoms with E-state index < -0.39 is 0 Å². The second kappa shape index (κ2) is 7.30. The number of piperidine rings is 1. The maximum Gasteiger partial charge on any atom is 0.268 e. The third-order valence-corrected chi connectivity index (χ3v) is 6.49. The standard InChI is InChI=1S/C16H23N3O2S2/c1-3-19-15(21)14-12(9-11(2)23-14)17-16(19)22-10-13(20)18-7-5-4-6-8-18/h11H,3-10H2,1-2H3/t11-/m1/s1. The van der Waals surface area contributed by atoms with Gasteiger partial charge in [0, 0.05) is 31.3 Å². The number of fused-ring (bicyclic) bond motifs is 1. The highest BCUT2D eigenvalue weighted by molar-refractivity contribution is 8.00. The van der Waals surface area contributed by atoms with E-state index in [1.165, 1.54) is 18.2 Å². The predicted octanol–water partition coefficient (Wildman–Crippen LogP) is 2.40. The van der Waals surface area contributed by atoms with Crippen molar-refractivity contribution in [2.24, 2.45) is 0 Å². The molecular weight excluding hydrogens is 330 g/mol. The summed E-state index contributed by atoms with van der Waals surface area (Å²) < 4.78 is 1.71. The quantitative estimate of drug-likeness (QED) is 0.615. The summed E-state index contributed by atoms with van der Waals surface area (Å²) in [4.78, 5) is 32.4. The van der Waals surface area contributed by atoms with Gasteiger partial charge in [0.05, 0.1) is 16.3 Å². The molecule has 1 fully saturated rings. The lowest BCUT2D eigenvalue weighted by Crippen LogP contribution is -2.37. The first kappa shape index (κ1) is 16.9. The van der Waals surface area contributed by atoms with Gasteiger partial charge in [-0.25, -0.2) is 4.98 Å². The van der Waals surface area contributed by atoms with Gasteiger partial charge in [-0.2, -0.15) is 0 Å². The van der Waals surface area contributed by atoms with E-state index in [9.17, 15) is 9.59 Å². The van der Waals surface area contributed by atoms with Gasteiger partial charge in [0.1, 0.15) is 0 Å². The topological polar surface area (TPSA) is 55.2 Å². The molecule has 23 heavy (non-hydrogen) atoms. The van der Waals surface area contributed by atoms with Crippen LogP contribution in [0.25, 0.3) is 0 Å². The van der Waals surface area contributed by atoms with Crippen LogP contribution in [0.3, 0.4) is 0 Å². The van der Waals surface area contributed by atoms with Crippen molar-refractivity contribution in [3.05, 3.63) is 16.0 Å². The van der Waals surface area contributed by atoms with Gasteiger partial charge in [0.2, 0.25) is 5.91 Å². The summed E-state index contributed by atoms with van der Waals surface area (Å²) >= 11 is 3.03. The van der Waals surface area contributed by atoms with Crippen molar-refractivity contribution < 1.29 is 4.79 Å². The van der Waals surface area contributed by atoms with Crippen molar-refractivity contribution in [3.63, 3.8) is 0 Å². The van der Waals surface area contributed by atoms with Gasteiger partial charge in [-0.15, -0.1) is 11.8 Å². The Kier molecular flexibility index (Phi) is 5.36. The van der Waals surface area contributed by atoms with Crippen LogP contribution >= 0.6 is 23.5 Å². The average molecular weight is 354 g/mol. The summed E-state index contributed by atoms with van der Waals surface area (Å²) in [6.07, 6.45) is 4.26. The summed E-state index contributed by atoms with van der Waals surface area (Å²) in [5, 5.41) is 1.10. The van der Waals surface area contributed by atoms with Crippen LogP contribution in [0.4, 0.5) is 0 Å². The minimum atomic E-state index is 0.0553. The van der Waals surface area contributed by atoms with Crippen molar-refractivity contribution in [2.75, 3.05) is 18.8 Å². The first-order valence-corrected chi connectivity index (χ1v) is 10.2. The Balaban J connectivity index is 1.75. The average Bonchev–Trinajstić information content (AvgIpc) is 2.94. The second-order valence-electron chi connectivity index (χ2n) is 6.08. The molecule has 1 aromatic rings.